The molecule has 0 aliphatic heterocycles. The predicted octanol–water partition coefficient (Wildman–Crippen LogP) is 2.14. The molecular weight excluding hydrogens is 360 g/mol. The second-order valence-corrected chi connectivity index (χ2v) is 5.98. The molecule has 0 bridgehead atoms. The van der Waals surface area contributed by atoms with Gasteiger partial charge in [-0.05, 0) is 23.8 Å². The fraction of sp³-hybridized carbons (Fsp3) is 0.235. The highest BCUT2D eigenvalue weighted by atomic mass is 79.9. The number of carbonyl (C=O) groups is 1. The Morgan fingerprint density at radius 1 is 1.26 bits per heavy atom. The maximum atomic E-state index is 10.9. The summed E-state index contributed by atoms with van der Waals surface area (Å²) in [4.78, 5) is 10.9. The van der Waals surface area contributed by atoms with Crippen molar-refractivity contribution in [2.24, 2.45) is 5.73 Å². The van der Waals surface area contributed by atoms with Crippen molar-refractivity contribution in [1.29, 1.82) is 0 Å². The van der Waals surface area contributed by atoms with Crippen molar-refractivity contribution < 1.29 is 14.6 Å². The zero-order valence-corrected chi connectivity index (χ0v) is 14.1. The first-order chi connectivity index (χ1) is 11.1. The Bertz CT molecular complexity index is 650. The van der Waals surface area contributed by atoms with Crippen molar-refractivity contribution in [1.82, 2.24) is 5.32 Å². The van der Waals surface area contributed by atoms with E-state index in [1.807, 2.05) is 42.5 Å². The number of nitrogens with two attached hydrogens (primary N) is 1. The van der Waals surface area contributed by atoms with E-state index in [9.17, 15) is 9.90 Å². The molecule has 2 rings (SSSR count). The minimum absolute atomic E-state index is 0.165. The molecule has 0 heterocycles. The van der Waals surface area contributed by atoms with Crippen LogP contribution >= 0.6 is 15.9 Å². The molecule has 4 N–H and O–H groups in total. The number of rotatable bonds is 8. The third-order valence-electron chi connectivity index (χ3n) is 3.23. The summed E-state index contributed by atoms with van der Waals surface area (Å²) < 4.78 is 6.30. The van der Waals surface area contributed by atoms with Gasteiger partial charge in [0.1, 0.15) is 5.75 Å². The van der Waals surface area contributed by atoms with Gasteiger partial charge in [0.2, 0.25) is 0 Å². The van der Waals surface area contributed by atoms with Crippen LogP contribution < -0.4 is 15.8 Å². The van der Waals surface area contributed by atoms with Crippen LogP contribution in [0.3, 0.4) is 0 Å². The number of aliphatic hydroxyl groups excluding tert-OH is 1. The molecule has 23 heavy (non-hydrogen) atoms. The quantitative estimate of drug-likeness (QED) is 0.656. The lowest BCUT2D eigenvalue weighted by Gasteiger charge is -2.14. The van der Waals surface area contributed by atoms with E-state index in [0.717, 1.165) is 15.6 Å². The Labute approximate surface area is 143 Å². The monoisotopic (exact) mass is 378 g/mol. The number of hydrogen-bond donors (Lipinski definition) is 3. The van der Waals surface area contributed by atoms with Crippen LogP contribution in [-0.2, 0) is 11.3 Å². The molecule has 6 heteroatoms. The molecule has 1 unspecified atom stereocenters. The summed E-state index contributed by atoms with van der Waals surface area (Å²) >= 11 is 3.41. The van der Waals surface area contributed by atoms with Crippen LogP contribution in [0.5, 0.6) is 5.75 Å². The van der Waals surface area contributed by atoms with Crippen LogP contribution in [0.4, 0.5) is 0 Å². The number of aliphatic hydroxyl groups is 1. The summed E-state index contributed by atoms with van der Waals surface area (Å²) in [6.07, 6.45) is -0.585. The molecule has 2 aromatic carbocycles. The van der Waals surface area contributed by atoms with E-state index < -0.39 is 12.0 Å². The SMILES string of the molecule is NC(=O)COc1ccc(Br)cc1CNCC(O)c1ccccc1. The van der Waals surface area contributed by atoms with E-state index in [2.05, 4.69) is 21.2 Å². The number of halogens is 1. The van der Waals surface area contributed by atoms with Gasteiger partial charge in [0.05, 0.1) is 6.10 Å². The fourth-order valence-electron chi connectivity index (χ4n) is 2.11. The van der Waals surface area contributed by atoms with Gasteiger partial charge in [-0.3, -0.25) is 4.79 Å². The van der Waals surface area contributed by atoms with Gasteiger partial charge in [-0.15, -0.1) is 0 Å². The fourth-order valence-corrected chi connectivity index (χ4v) is 2.52. The first kappa shape index (κ1) is 17.5. The second-order valence-electron chi connectivity index (χ2n) is 5.06. The number of primary amides is 1. The Kier molecular flexibility index (Phi) is 6.58. The molecule has 5 nitrogen and oxygen atoms in total. The maximum absolute atomic E-state index is 10.9. The van der Waals surface area contributed by atoms with Crippen LogP contribution in [0, 0.1) is 0 Å². The Hall–Kier alpha value is -1.89. The highest BCUT2D eigenvalue weighted by Crippen LogP contribution is 2.23. The third-order valence-corrected chi connectivity index (χ3v) is 3.72. The standard InChI is InChI=1S/C17H19BrN2O3/c18-14-6-7-16(23-11-17(19)22)13(8-14)9-20-10-15(21)12-4-2-1-3-5-12/h1-8,15,20-21H,9-11H2,(H2,19,22). The topological polar surface area (TPSA) is 84.6 Å². The van der Waals surface area contributed by atoms with Gasteiger partial charge in [-0.1, -0.05) is 46.3 Å². The lowest BCUT2D eigenvalue weighted by Crippen LogP contribution is -2.23. The molecule has 0 fully saturated rings. The zero-order chi connectivity index (χ0) is 16.7. The average Bonchev–Trinajstić information content (AvgIpc) is 2.54. The lowest BCUT2D eigenvalue weighted by atomic mass is 10.1. The van der Waals surface area contributed by atoms with Crippen LogP contribution in [0.2, 0.25) is 0 Å². The summed E-state index contributed by atoms with van der Waals surface area (Å²) in [5.41, 5.74) is 6.84. The van der Waals surface area contributed by atoms with E-state index in [1.165, 1.54) is 0 Å². The molecule has 0 saturated carbocycles. The summed E-state index contributed by atoms with van der Waals surface area (Å²) in [5.74, 6) is 0.0695. The number of ether oxygens (including phenoxy) is 1. The van der Waals surface area contributed by atoms with E-state index in [-0.39, 0.29) is 6.61 Å². The lowest BCUT2D eigenvalue weighted by molar-refractivity contribution is -0.119. The molecular formula is C17H19BrN2O3. The molecule has 0 spiro atoms. The molecule has 0 radical (unpaired) electrons. The average molecular weight is 379 g/mol. The van der Waals surface area contributed by atoms with Gasteiger partial charge in [-0.2, -0.15) is 0 Å². The number of nitrogens with one attached hydrogen (secondary N) is 1. The summed E-state index contributed by atoms with van der Waals surface area (Å²) in [6, 6.07) is 15.0. The minimum Gasteiger partial charge on any atom is -0.483 e. The molecule has 0 aliphatic rings. The number of carbonyl (C=O) groups excluding carboxylic acids is 1. The Morgan fingerprint density at radius 2 is 2.00 bits per heavy atom. The van der Waals surface area contributed by atoms with Gasteiger partial charge in [0, 0.05) is 23.1 Å². The Balaban J connectivity index is 1.94. The highest BCUT2D eigenvalue weighted by molar-refractivity contribution is 9.10. The number of amides is 1. The van der Waals surface area contributed by atoms with Gasteiger partial charge >= 0.3 is 0 Å². The summed E-state index contributed by atoms with van der Waals surface area (Å²) in [6.45, 7) is 0.741. The smallest absolute Gasteiger partial charge is 0.255 e. The van der Waals surface area contributed by atoms with Gasteiger partial charge in [0.15, 0.2) is 6.61 Å². The largest absolute Gasteiger partial charge is 0.483 e. The van der Waals surface area contributed by atoms with Gasteiger partial charge < -0.3 is 20.9 Å². The van der Waals surface area contributed by atoms with E-state index in [4.69, 9.17) is 10.5 Å². The van der Waals surface area contributed by atoms with Crippen molar-refractivity contribution in [2.75, 3.05) is 13.2 Å². The van der Waals surface area contributed by atoms with Crippen molar-refractivity contribution in [2.45, 2.75) is 12.6 Å². The predicted molar refractivity (Wildman–Crippen MR) is 91.9 cm³/mol. The highest BCUT2D eigenvalue weighted by Gasteiger charge is 2.09. The van der Waals surface area contributed by atoms with Crippen LogP contribution in [-0.4, -0.2) is 24.2 Å². The third kappa shape index (κ3) is 5.67. The molecule has 1 atom stereocenters. The van der Waals surface area contributed by atoms with Crippen molar-refractivity contribution in [3.8, 4) is 5.75 Å². The molecule has 122 valence electrons. The Morgan fingerprint density at radius 3 is 2.70 bits per heavy atom. The molecule has 0 saturated heterocycles. The molecule has 0 aliphatic carbocycles. The first-order valence-corrected chi connectivity index (χ1v) is 7.99. The van der Waals surface area contributed by atoms with Crippen LogP contribution in [0.25, 0.3) is 0 Å². The molecule has 1 amide bonds. The van der Waals surface area contributed by atoms with Gasteiger partial charge in [-0.25, -0.2) is 0 Å². The summed E-state index contributed by atoms with van der Waals surface area (Å²) in [5, 5.41) is 13.3. The normalized spacial score (nSPS) is 11.9. The second kappa shape index (κ2) is 8.67. The van der Waals surface area contributed by atoms with Crippen molar-refractivity contribution in [3.05, 3.63) is 64.1 Å². The summed E-state index contributed by atoms with van der Waals surface area (Å²) in [7, 11) is 0. The zero-order valence-electron chi connectivity index (χ0n) is 12.5. The van der Waals surface area contributed by atoms with Crippen LogP contribution in [0.1, 0.15) is 17.2 Å². The number of benzene rings is 2. The van der Waals surface area contributed by atoms with E-state index in [1.54, 1.807) is 6.07 Å². The molecule has 2 aromatic rings. The minimum atomic E-state index is -0.585. The van der Waals surface area contributed by atoms with Crippen molar-refractivity contribution in [3.63, 3.8) is 0 Å². The van der Waals surface area contributed by atoms with E-state index in [0.29, 0.717) is 18.8 Å². The van der Waals surface area contributed by atoms with Crippen LogP contribution in [0.15, 0.2) is 53.0 Å². The van der Waals surface area contributed by atoms with Crippen molar-refractivity contribution >= 4 is 21.8 Å². The maximum Gasteiger partial charge on any atom is 0.255 e. The number of hydrogen-bond acceptors (Lipinski definition) is 4. The van der Waals surface area contributed by atoms with Gasteiger partial charge in [0.25, 0.3) is 5.91 Å². The first-order valence-electron chi connectivity index (χ1n) is 7.19. The van der Waals surface area contributed by atoms with E-state index >= 15 is 0 Å². The molecule has 0 aromatic heterocycles.